The number of rotatable bonds is 2. The van der Waals surface area contributed by atoms with Crippen molar-refractivity contribution >= 4 is 11.7 Å². The number of anilines is 1. The van der Waals surface area contributed by atoms with Gasteiger partial charge < -0.3 is 16.0 Å². The molecule has 0 spiro atoms. The largest absolute Gasteiger partial charge is 0.330 e. The molecule has 0 radical (unpaired) electrons. The Balaban J connectivity index is 1.92. The van der Waals surface area contributed by atoms with Gasteiger partial charge in [0.2, 0.25) is 0 Å². The van der Waals surface area contributed by atoms with Crippen molar-refractivity contribution in [2.75, 3.05) is 25.0 Å². The molecule has 0 atom stereocenters. The molecule has 5 heteroatoms. The van der Waals surface area contributed by atoms with Crippen LogP contribution in [0.4, 0.5) is 14.9 Å². The van der Waals surface area contributed by atoms with Crippen LogP contribution in [-0.4, -0.2) is 30.6 Å². The van der Waals surface area contributed by atoms with E-state index in [2.05, 4.69) is 5.32 Å². The van der Waals surface area contributed by atoms with Gasteiger partial charge in [0.15, 0.2) is 0 Å². The molecule has 0 aromatic heterocycles. The van der Waals surface area contributed by atoms with Gasteiger partial charge in [0.05, 0.1) is 0 Å². The number of hydrogen-bond acceptors (Lipinski definition) is 2. The topological polar surface area (TPSA) is 58.4 Å². The minimum absolute atomic E-state index is 0.168. The minimum atomic E-state index is -0.306. The molecule has 0 unspecified atom stereocenters. The maximum Gasteiger partial charge on any atom is 0.321 e. The summed E-state index contributed by atoms with van der Waals surface area (Å²) in [5.41, 5.74) is 6.68. The van der Waals surface area contributed by atoms with E-state index in [9.17, 15) is 9.18 Å². The number of nitrogens with zero attached hydrogens (tertiary/aromatic N) is 1. The molecule has 4 nitrogen and oxygen atoms in total. The second-order valence-electron chi connectivity index (χ2n) is 5.06. The van der Waals surface area contributed by atoms with Crippen LogP contribution in [0.5, 0.6) is 0 Å². The van der Waals surface area contributed by atoms with E-state index < -0.39 is 0 Å². The van der Waals surface area contributed by atoms with E-state index in [4.69, 9.17) is 5.73 Å². The monoisotopic (exact) mass is 265 g/mol. The van der Waals surface area contributed by atoms with Crippen LogP contribution in [0.2, 0.25) is 0 Å². The van der Waals surface area contributed by atoms with Gasteiger partial charge in [-0.15, -0.1) is 0 Å². The molecule has 1 aliphatic rings. The smallest absolute Gasteiger partial charge is 0.321 e. The third kappa shape index (κ3) is 3.44. The van der Waals surface area contributed by atoms with Gasteiger partial charge in [-0.05, 0) is 49.9 Å². The summed E-state index contributed by atoms with van der Waals surface area (Å²) in [4.78, 5) is 13.8. The SMILES string of the molecule is Cc1ccc(NC(=O)N2CCC(CN)CC2)cc1F. The van der Waals surface area contributed by atoms with E-state index in [0.29, 0.717) is 36.8 Å². The Morgan fingerprint density at radius 1 is 1.47 bits per heavy atom. The predicted molar refractivity (Wildman–Crippen MR) is 73.5 cm³/mol. The molecule has 1 saturated heterocycles. The fourth-order valence-electron chi connectivity index (χ4n) is 2.24. The first kappa shape index (κ1) is 13.8. The van der Waals surface area contributed by atoms with Crippen LogP contribution in [0.1, 0.15) is 18.4 Å². The number of piperidine rings is 1. The van der Waals surface area contributed by atoms with Gasteiger partial charge >= 0.3 is 6.03 Å². The van der Waals surface area contributed by atoms with E-state index in [0.717, 1.165) is 12.8 Å². The molecule has 19 heavy (non-hydrogen) atoms. The predicted octanol–water partition coefficient (Wildman–Crippen LogP) is 2.34. The lowest BCUT2D eigenvalue weighted by atomic mass is 9.97. The summed E-state index contributed by atoms with van der Waals surface area (Å²) in [6.45, 7) is 3.79. The lowest BCUT2D eigenvalue weighted by Gasteiger charge is -2.31. The van der Waals surface area contributed by atoms with Crippen LogP contribution in [0.25, 0.3) is 0 Å². The molecule has 3 N–H and O–H groups in total. The second-order valence-corrected chi connectivity index (χ2v) is 5.06. The number of hydrogen-bond donors (Lipinski definition) is 2. The van der Waals surface area contributed by atoms with E-state index in [1.165, 1.54) is 6.07 Å². The van der Waals surface area contributed by atoms with Crippen LogP contribution in [0.3, 0.4) is 0 Å². The Morgan fingerprint density at radius 2 is 2.16 bits per heavy atom. The molecule has 104 valence electrons. The molecule has 0 aliphatic carbocycles. The molecule has 0 saturated carbocycles. The Morgan fingerprint density at radius 3 is 2.74 bits per heavy atom. The molecular weight excluding hydrogens is 245 g/mol. The van der Waals surface area contributed by atoms with Crippen molar-refractivity contribution in [3.8, 4) is 0 Å². The summed E-state index contributed by atoms with van der Waals surface area (Å²) < 4.78 is 13.4. The number of amides is 2. The molecule has 0 bridgehead atoms. The highest BCUT2D eigenvalue weighted by Gasteiger charge is 2.21. The van der Waals surface area contributed by atoms with Crippen molar-refractivity contribution < 1.29 is 9.18 Å². The Kier molecular flexibility index (Phi) is 4.37. The average Bonchev–Trinajstić information content (AvgIpc) is 2.43. The van der Waals surface area contributed by atoms with Crippen LogP contribution < -0.4 is 11.1 Å². The highest BCUT2D eigenvalue weighted by Crippen LogP contribution is 2.18. The van der Waals surface area contributed by atoms with Gasteiger partial charge in [0.25, 0.3) is 0 Å². The summed E-state index contributed by atoms with van der Waals surface area (Å²) in [5.74, 6) is 0.209. The average molecular weight is 265 g/mol. The Hall–Kier alpha value is -1.62. The highest BCUT2D eigenvalue weighted by atomic mass is 19.1. The summed E-state index contributed by atoms with van der Waals surface area (Å²) in [6, 6.07) is 4.55. The Labute approximate surface area is 112 Å². The first-order valence-corrected chi connectivity index (χ1v) is 6.62. The van der Waals surface area contributed by atoms with Crippen molar-refractivity contribution in [3.05, 3.63) is 29.6 Å². The van der Waals surface area contributed by atoms with Gasteiger partial charge in [0.1, 0.15) is 5.82 Å². The molecule has 1 aromatic rings. The number of aryl methyl sites for hydroxylation is 1. The van der Waals surface area contributed by atoms with Crippen molar-refractivity contribution in [1.82, 2.24) is 4.90 Å². The maximum absolute atomic E-state index is 13.4. The molecule has 1 fully saturated rings. The maximum atomic E-state index is 13.4. The molecule has 1 aliphatic heterocycles. The number of halogens is 1. The van der Waals surface area contributed by atoms with E-state index in [1.807, 2.05) is 0 Å². The number of nitrogens with one attached hydrogen (secondary N) is 1. The van der Waals surface area contributed by atoms with E-state index in [1.54, 1.807) is 24.0 Å². The third-order valence-corrected chi connectivity index (χ3v) is 3.66. The quantitative estimate of drug-likeness (QED) is 0.862. The number of urea groups is 1. The summed E-state index contributed by atoms with van der Waals surface area (Å²) >= 11 is 0. The van der Waals surface area contributed by atoms with Gasteiger partial charge in [-0.3, -0.25) is 0 Å². The van der Waals surface area contributed by atoms with Crippen molar-refractivity contribution in [2.45, 2.75) is 19.8 Å². The zero-order chi connectivity index (χ0) is 13.8. The van der Waals surface area contributed by atoms with Gasteiger partial charge in [-0.1, -0.05) is 6.07 Å². The van der Waals surface area contributed by atoms with Gasteiger partial charge in [-0.2, -0.15) is 0 Å². The molecule has 2 rings (SSSR count). The minimum Gasteiger partial charge on any atom is -0.330 e. The second kappa shape index (κ2) is 6.02. The van der Waals surface area contributed by atoms with Crippen LogP contribution >= 0.6 is 0 Å². The fourth-order valence-corrected chi connectivity index (χ4v) is 2.24. The summed E-state index contributed by atoms with van der Waals surface area (Å²) in [5, 5.41) is 2.73. The Bertz CT molecular complexity index is 456. The first-order chi connectivity index (χ1) is 9.10. The number of nitrogens with two attached hydrogens (primary N) is 1. The number of likely N-dealkylation sites (tertiary alicyclic amines) is 1. The summed E-state index contributed by atoms with van der Waals surface area (Å²) in [6.07, 6.45) is 1.87. The molecule has 2 amide bonds. The van der Waals surface area contributed by atoms with Crippen molar-refractivity contribution in [3.63, 3.8) is 0 Å². The normalized spacial score (nSPS) is 16.5. The van der Waals surface area contributed by atoms with E-state index >= 15 is 0 Å². The fraction of sp³-hybridized carbons (Fsp3) is 0.500. The lowest BCUT2D eigenvalue weighted by molar-refractivity contribution is 0.184. The zero-order valence-corrected chi connectivity index (χ0v) is 11.2. The lowest BCUT2D eigenvalue weighted by Crippen LogP contribution is -2.42. The summed E-state index contributed by atoms with van der Waals surface area (Å²) in [7, 11) is 0. The van der Waals surface area contributed by atoms with Crippen LogP contribution in [0.15, 0.2) is 18.2 Å². The number of carbonyl (C=O) groups is 1. The number of carbonyl (C=O) groups excluding carboxylic acids is 1. The standard InChI is InChI=1S/C14H20FN3O/c1-10-2-3-12(8-13(10)15)17-14(19)18-6-4-11(9-16)5-7-18/h2-3,8,11H,4-7,9,16H2,1H3,(H,17,19). The third-order valence-electron chi connectivity index (χ3n) is 3.66. The first-order valence-electron chi connectivity index (χ1n) is 6.62. The van der Waals surface area contributed by atoms with Crippen molar-refractivity contribution in [1.29, 1.82) is 0 Å². The van der Waals surface area contributed by atoms with E-state index in [-0.39, 0.29) is 11.8 Å². The van der Waals surface area contributed by atoms with Gasteiger partial charge in [-0.25, -0.2) is 9.18 Å². The number of benzene rings is 1. The molecule has 1 aromatic carbocycles. The van der Waals surface area contributed by atoms with Gasteiger partial charge in [0, 0.05) is 18.8 Å². The van der Waals surface area contributed by atoms with Crippen LogP contribution in [-0.2, 0) is 0 Å². The molecular formula is C14H20FN3O. The van der Waals surface area contributed by atoms with Crippen LogP contribution in [0, 0.1) is 18.7 Å². The van der Waals surface area contributed by atoms with Crippen molar-refractivity contribution in [2.24, 2.45) is 11.7 Å². The highest BCUT2D eigenvalue weighted by molar-refractivity contribution is 5.89. The molecule has 1 heterocycles. The zero-order valence-electron chi connectivity index (χ0n) is 11.2.